The molecule has 0 saturated heterocycles. The molecule has 1 atom stereocenters. The number of hydrogen-bond donors (Lipinski definition) is 0. The van der Waals surface area contributed by atoms with Crippen LogP contribution in [-0.2, 0) is 23.9 Å². The lowest BCUT2D eigenvalue weighted by molar-refractivity contribution is -0.158. The number of carbonyl (C=O) groups is 3. The van der Waals surface area contributed by atoms with Gasteiger partial charge in [-0.1, -0.05) is 140 Å². The third kappa shape index (κ3) is 15.3. The Hall–Kier alpha value is -3.99. The van der Waals surface area contributed by atoms with Gasteiger partial charge in [0.15, 0.2) is 11.9 Å². The number of rotatable bonds is 15. The average molecular weight is 655 g/mol. The first-order valence-corrected chi connectivity index (χ1v) is 17.5. The molecule has 48 heavy (non-hydrogen) atoms. The van der Waals surface area contributed by atoms with E-state index in [9.17, 15) is 14.4 Å². The van der Waals surface area contributed by atoms with E-state index >= 15 is 0 Å². The zero-order valence-electron chi connectivity index (χ0n) is 30.6. The first kappa shape index (κ1) is 40.2. The number of hydrogen-bond acceptors (Lipinski definition) is 5. The molecule has 2 aliphatic rings. The fourth-order valence-corrected chi connectivity index (χ4v) is 5.87. The minimum atomic E-state index is -0.850. The van der Waals surface area contributed by atoms with Crippen molar-refractivity contribution in [1.82, 2.24) is 0 Å². The largest absolute Gasteiger partial charge is 0.465 e. The van der Waals surface area contributed by atoms with E-state index in [2.05, 4.69) is 77.2 Å². The monoisotopic (exact) mass is 654 g/mol. The summed E-state index contributed by atoms with van der Waals surface area (Å²) in [6.07, 6.45) is 33.9. The maximum absolute atomic E-state index is 13.2. The highest BCUT2D eigenvalue weighted by Gasteiger charge is 2.39. The Morgan fingerprint density at radius 2 is 1.27 bits per heavy atom. The molecule has 0 N–H and O–H groups in total. The van der Waals surface area contributed by atoms with Gasteiger partial charge in [0.1, 0.15) is 0 Å². The van der Waals surface area contributed by atoms with Crippen molar-refractivity contribution >= 4 is 17.7 Å². The molecule has 2 rings (SSSR count). The first-order valence-electron chi connectivity index (χ1n) is 17.5. The summed E-state index contributed by atoms with van der Waals surface area (Å²) in [5.74, 6) is -0.686. The standard InChI is InChI=1S/C43H58O5/c1-9-17-32(2)20-15-21-33(3)18-13-14-19-34(4)22-16-23-35(5)26-27-38-36(6)42(46)39(30-43(38,7)8)48-41(45)29-28-40(44)47-31-37-24-11-10-12-25-37/h9,13-23,26-27,37,39H,10-12,24-25,28-31H2,1-8H3. The highest BCUT2D eigenvalue weighted by atomic mass is 16.5. The molecular weight excluding hydrogens is 596 g/mol. The van der Waals surface area contributed by atoms with Crippen LogP contribution in [-0.4, -0.2) is 30.4 Å². The number of ketones is 1. The third-order valence-electron chi connectivity index (χ3n) is 8.71. The molecular formula is C43H58O5. The topological polar surface area (TPSA) is 69.7 Å². The second-order valence-corrected chi connectivity index (χ2v) is 13.7. The van der Waals surface area contributed by atoms with Crippen LogP contribution in [0.4, 0.5) is 0 Å². The van der Waals surface area contributed by atoms with Crippen molar-refractivity contribution in [2.75, 3.05) is 6.61 Å². The molecule has 0 heterocycles. The van der Waals surface area contributed by atoms with E-state index < -0.39 is 12.1 Å². The lowest BCUT2D eigenvalue weighted by Crippen LogP contribution is -2.39. The fourth-order valence-electron chi connectivity index (χ4n) is 5.87. The molecule has 0 bridgehead atoms. The predicted molar refractivity (Wildman–Crippen MR) is 199 cm³/mol. The van der Waals surface area contributed by atoms with Crippen molar-refractivity contribution in [3.8, 4) is 0 Å². The van der Waals surface area contributed by atoms with Crippen LogP contribution in [0.25, 0.3) is 0 Å². The van der Waals surface area contributed by atoms with Crippen LogP contribution in [0.3, 0.4) is 0 Å². The molecule has 0 radical (unpaired) electrons. The molecule has 1 saturated carbocycles. The van der Waals surface area contributed by atoms with Crippen molar-refractivity contribution in [3.63, 3.8) is 0 Å². The number of ether oxygens (including phenoxy) is 2. The Morgan fingerprint density at radius 3 is 1.85 bits per heavy atom. The van der Waals surface area contributed by atoms with E-state index in [1.54, 1.807) is 6.92 Å². The first-order chi connectivity index (χ1) is 22.8. The zero-order chi connectivity index (χ0) is 35.5. The summed E-state index contributed by atoms with van der Waals surface area (Å²) in [6.45, 7) is 16.6. The van der Waals surface area contributed by atoms with E-state index in [1.807, 2.05) is 56.4 Å². The van der Waals surface area contributed by atoms with Crippen molar-refractivity contribution in [2.45, 2.75) is 113 Å². The summed E-state index contributed by atoms with van der Waals surface area (Å²) in [7, 11) is 0. The van der Waals surface area contributed by atoms with Crippen LogP contribution in [0.15, 0.2) is 119 Å². The van der Waals surface area contributed by atoms with Crippen molar-refractivity contribution < 1.29 is 23.9 Å². The van der Waals surface area contributed by atoms with Crippen molar-refractivity contribution in [3.05, 3.63) is 119 Å². The summed E-state index contributed by atoms with van der Waals surface area (Å²) < 4.78 is 11.0. The smallest absolute Gasteiger partial charge is 0.307 e. The van der Waals surface area contributed by atoms with Crippen LogP contribution in [0, 0.1) is 11.3 Å². The minimum absolute atomic E-state index is 0.0324. The molecule has 0 aliphatic heterocycles. The molecule has 260 valence electrons. The Morgan fingerprint density at radius 1 is 0.750 bits per heavy atom. The third-order valence-corrected chi connectivity index (χ3v) is 8.71. The van der Waals surface area contributed by atoms with E-state index in [0.29, 0.717) is 24.5 Å². The Labute approximate surface area is 290 Å². The quantitative estimate of drug-likeness (QED) is 0.130. The molecule has 1 unspecified atom stereocenters. The second kappa shape index (κ2) is 21.1. The van der Waals surface area contributed by atoms with Gasteiger partial charge in [-0.3, -0.25) is 14.4 Å². The van der Waals surface area contributed by atoms with Crippen LogP contribution >= 0.6 is 0 Å². The molecule has 0 aromatic rings. The number of esters is 2. The molecule has 0 spiro atoms. The van der Waals surface area contributed by atoms with Crippen molar-refractivity contribution in [2.24, 2.45) is 11.3 Å². The van der Waals surface area contributed by atoms with Gasteiger partial charge in [0.05, 0.1) is 19.4 Å². The van der Waals surface area contributed by atoms with E-state index in [-0.39, 0.29) is 30.0 Å². The maximum atomic E-state index is 13.2. The number of allylic oxidation sites excluding steroid dienone is 19. The predicted octanol–water partition coefficient (Wildman–Crippen LogP) is 10.7. The van der Waals surface area contributed by atoms with E-state index in [4.69, 9.17) is 9.47 Å². The normalized spacial score (nSPS) is 20.8. The van der Waals surface area contributed by atoms with Gasteiger partial charge < -0.3 is 9.47 Å². The molecule has 0 aromatic heterocycles. The highest BCUT2D eigenvalue weighted by Crippen LogP contribution is 2.41. The Kier molecular flexibility index (Phi) is 17.6. The molecule has 5 heteroatoms. The summed E-state index contributed by atoms with van der Waals surface area (Å²) >= 11 is 0. The van der Waals surface area contributed by atoms with Crippen LogP contribution in [0.1, 0.15) is 107 Å². The number of Topliss-reactive ketones (excluding diaryl/α,β-unsaturated/α-hetero) is 1. The summed E-state index contributed by atoms with van der Waals surface area (Å²) in [6, 6.07) is 0. The zero-order valence-corrected chi connectivity index (χ0v) is 30.6. The highest BCUT2D eigenvalue weighted by molar-refractivity contribution is 6.01. The van der Waals surface area contributed by atoms with Gasteiger partial charge in [0.2, 0.25) is 0 Å². The molecule has 5 nitrogen and oxygen atoms in total. The molecule has 0 amide bonds. The van der Waals surface area contributed by atoms with Crippen LogP contribution in [0.2, 0.25) is 0 Å². The SMILES string of the molecule is CC=CC(C)=CC=CC(C)=CC=CC=C(C)C=CC=C(C)C=CC1=C(C)C(=O)C(OC(=O)CCC(=O)OCC2CCCCC2)CC1(C)C. The Bertz CT molecular complexity index is 1420. The van der Waals surface area contributed by atoms with Gasteiger partial charge in [-0.2, -0.15) is 0 Å². The second-order valence-electron chi connectivity index (χ2n) is 13.7. The lowest BCUT2D eigenvalue weighted by Gasteiger charge is -2.36. The Balaban J connectivity index is 1.90. The van der Waals surface area contributed by atoms with Gasteiger partial charge in [-0.25, -0.2) is 0 Å². The number of carbonyl (C=O) groups excluding carboxylic acids is 3. The molecule has 0 aromatic carbocycles. The van der Waals surface area contributed by atoms with E-state index in [0.717, 1.165) is 29.6 Å². The van der Waals surface area contributed by atoms with Gasteiger partial charge >= 0.3 is 11.9 Å². The lowest BCUT2D eigenvalue weighted by atomic mass is 9.71. The van der Waals surface area contributed by atoms with Crippen molar-refractivity contribution in [1.29, 1.82) is 0 Å². The van der Waals surface area contributed by atoms with Gasteiger partial charge in [-0.05, 0) is 76.9 Å². The average Bonchev–Trinajstić information content (AvgIpc) is 3.04. The molecule has 1 fully saturated rings. The molecule has 2 aliphatic carbocycles. The maximum Gasteiger partial charge on any atom is 0.307 e. The van der Waals surface area contributed by atoms with Crippen LogP contribution in [0.5, 0.6) is 0 Å². The van der Waals surface area contributed by atoms with Gasteiger partial charge in [0.25, 0.3) is 0 Å². The van der Waals surface area contributed by atoms with Crippen LogP contribution < -0.4 is 0 Å². The summed E-state index contributed by atoms with van der Waals surface area (Å²) in [4.78, 5) is 37.9. The summed E-state index contributed by atoms with van der Waals surface area (Å²) in [5, 5.41) is 0. The van der Waals surface area contributed by atoms with E-state index in [1.165, 1.54) is 30.4 Å². The summed E-state index contributed by atoms with van der Waals surface area (Å²) in [5.41, 5.74) is 5.73. The van der Waals surface area contributed by atoms with Gasteiger partial charge in [-0.15, -0.1) is 0 Å². The van der Waals surface area contributed by atoms with Gasteiger partial charge in [0, 0.05) is 6.42 Å². The minimum Gasteiger partial charge on any atom is -0.465 e. The fraction of sp³-hybridized carbons (Fsp3) is 0.465.